The van der Waals surface area contributed by atoms with Crippen molar-refractivity contribution >= 4 is 17.6 Å². The Balaban J connectivity index is 2.51. The van der Waals surface area contributed by atoms with E-state index in [4.69, 9.17) is 5.11 Å². The van der Waals surface area contributed by atoms with Crippen molar-refractivity contribution in [2.45, 2.75) is 19.8 Å². The molecule has 0 saturated heterocycles. The summed E-state index contributed by atoms with van der Waals surface area (Å²) in [5, 5.41) is 14.4. The number of hydrogen-bond acceptors (Lipinski definition) is 3. The van der Waals surface area contributed by atoms with E-state index in [1.165, 1.54) is 0 Å². The molecule has 18 heavy (non-hydrogen) atoms. The van der Waals surface area contributed by atoms with Crippen LogP contribution in [0.1, 0.15) is 18.9 Å². The van der Waals surface area contributed by atoms with Gasteiger partial charge in [-0.25, -0.2) is 0 Å². The van der Waals surface area contributed by atoms with Gasteiger partial charge in [0.25, 0.3) is 0 Å². The zero-order chi connectivity index (χ0) is 13.4. The number of carboxylic acid groups (broad SMARTS) is 1. The number of benzene rings is 1. The summed E-state index contributed by atoms with van der Waals surface area (Å²) in [6.45, 7) is 3.09. The summed E-state index contributed by atoms with van der Waals surface area (Å²) in [6.07, 6.45) is 0.930. The molecule has 0 heterocycles. The SMILES string of the molecule is CCCNCC(=O)Nc1cccc(CC(=O)O)c1. The molecule has 0 fully saturated rings. The van der Waals surface area contributed by atoms with Crippen LogP contribution in [-0.2, 0) is 16.0 Å². The summed E-state index contributed by atoms with van der Waals surface area (Å²) in [5.74, 6) is -1.01. The van der Waals surface area contributed by atoms with Gasteiger partial charge in [0.05, 0.1) is 13.0 Å². The molecular formula is C13H18N2O3. The summed E-state index contributed by atoms with van der Waals surface area (Å²) in [6, 6.07) is 6.86. The molecule has 5 heteroatoms. The third-order valence-corrected chi connectivity index (χ3v) is 2.28. The van der Waals surface area contributed by atoms with E-state index in [1.807, 2.05) is 6.92 Å². The van der Waals surface area contributed by atoms with Crippen molar-refractivity contribution in [2.24, 2.45) is 0 Å². The lowest BCUT2D eigenvalue weighted by Gasteiger charge is -2.07. The van der Waals surface area contributed by atoms with Crippen molar-refractivity contribution in [3.8, 4) is 0 Å². The van der Waals surface area contributed by atoms with Crippen molar-refractivity contribution < 1.29 is 14.7 Å². The summed E-state index contributed by atoms with van der Waals surface area (Å²) in [4.78, 5) is 22.1. The Morgan fingerprint density at radius 1 is 1.33 bits per heavy atom. The molecule has 0 spiro atoms. The Bertz CT molecular complexity index is 418. The highest BCUT2D eigenvalue weighted by Crippen LogP contribution is 2.11. The van der Waals surface area contributed by atoms with Crippen molar-refractivity contribution in [1.29, 1.82) is 0 Å². The van der Waals surface area contributed by atoms with Crippen LogP contribution in [0.4, 0.5) is 5.69 Å². The zero-order valence-corrected chi connectivity index (χ0v) is 10.4. The van der Waals surface area contributed by atoms with Crippen molar-refractivity contribution in [3.05, 3.63) is 29.8 Å². The van der Waals surface area contributed by atoms with Gasteiger partial charge in [0.2, 0.25) is 5.91 Å². The predicted octanol–water partition coefficient (Wildman–Crippen LogP) is 1.25. The lowest BCUT2D eigenvalue weighted by Crippen LogP contribution is -2.28. The highest BCUT2D eigenvalue weighted by Gasteiger charge is 2.04. The average Bonchev–Trinajstić information content (AvgIpc) is 2.28. The molecule has 0 aliphatic carbocycles. The Labute approximate surface area is 106 Å². The predicted molar refractivity (Wildman–Crippen MR) is 69.6 cm³/mol. The molecule has 0 aromatic heterocycles. The molecule has 0 radical (unpaired) electrons. The molecular weight excluding hydrogens is 232 g/mol. The first-order valence-electron chi connectivity index (χ1n) is 5.93. The Kier molecular flexibility index (Phi) is 5.87. The highest BCUT2D eigenvalue weighted by molar-refractivity contribution is 5.92. The van der Waals surface area contributed by atoms with E-state index >= 15 is 0 Å². The van der Waals surface area contributed by atoms with Gasteiger partial charge in [-0.05, 0) is 30.7 Å². The van der Waals surface area contributed by atoms with Gasteiger partial charge in [0.15, 0.2) is 0 Å². The summed E-state index contributed by atoms with van der Waals surface area (Å²) < 4.78 is 0. The van der Waals surface area contributed by atoms with E-state index in [0.717, 1.165) is 13.0 Å². The quantitative estimate of drug-likeness (QED) is 0.636. The number of hydrogen-bond donors (Lipinski definition) is 3. The van der Waals surface area contributed by atoms with Gasteiger partial charge in [-0.15, -0.1) is 0 Å². The fourth-order valence-electron chi connectivity index (χ4n) is 1.52. The smallest absolute Gasteiger partial charge is 0.307 e. The second-order valence-corrected chi connectivity index (χ2v) is 4.00. The number of aliphatic carboxylic acids is 1. The highest BCUT2D eigenvalue weighted by atomic mass is 16.4. The number of carbonyl (C=O) groups excluding carboxylic acids is 1. The van der Waals surface area contributed by atoms with E-state index in [1.54, 1.807) is 24.3 Å². The average molecular weight is 250 g/mol. The van der Waals surface area contributed by atoms with Crippen LogP contribution in [0.2, 0.25) is 0 Å². The largest absolute Gasteiger partial charge is 0.481 e. The van der Waals surface area contributed by atoms with E-state index in [0.29, 0.717) is 11.3 Å². The van der Waals surface area contributed by atoms with E-state index < -0.39 is 5.97 Å². The summed E-state index contributed by atoms with van der Waals surface area (Å²) in [5.41, 5.74) is 1.29. The fourth-order valence-corrected chi connectivity index (χ4v) is 1.52. The second-order valence-electron chi connectivity index (χ2n) is 4.00. The molecule has 0 bridgehead atoms. The number of amides is 1. The lowest BCUT2D eigenvalue weighted by atomic mass is 10.1. The molecule has 0 aliphatic heterocycles. The van der Waals surface area contributed by atoms with Gasteiger partial charge in [-0.2, -0.15) is 0 Å². The minimum Gasteiger partial charge on any atom is -0.481 e. The standard InChI is InChI=1S/C13H18N2O3/c1-2-6-14-9-12(16)15-11-5-3-4-10(7-11)8-13(17)18/h3-5,7,14H,2,6,8-9H2,1H3,(H,15,16)(H,17,18). The maximum Gasteiger partial charge on any atom is 0.307 e. The maximum atomic E-state index is 11.5. The Morgan fingerprint density at radius 2 is 2.11 bits per heavy atom. The van der Waals surface area contributed by atoms with Gasteiger partial charge in [0, 0.05) is 5.69 Å². The molecule has 0 aliphatic rings. The van der Waals surface area contributed by atoms with Crippen LogP contribution in [0.3, 0.4) is 0 Å². The van der Waals surface area contributed by atoms with Gasteiger partial charge in [-0.3, -0.25) is 9.59 Å². The molecule has 1 aromatic carbocycles. The van der Waals surface area contributed by atoms with Crippen LogP contribution in [-0.4, -0.2) is 30.1 Å². The van der Waals surface area contributed by atoms with Gasteiger partial charge < -0.3 is 15.7 Å². The van der Waals surface area contributed by atoms with Crippen LogP contribution >= 0.6 is 0 Å². The molecule has 98 valence electrons. The van der Waals surface area contributed by atoms with E-state index in [9.17, 15) is 9.59 Å². The van der Waals surface area contributed by atoms with Crippen LogP contribution < -0.4 is 10.6 Å². The number of anilines is 1. The van der Waals surface area contributed by atoms with Crippen LogP contribution in [0, 0.1) is 0 Å². The third kappa shape index (κ3) is 5.45. The number of nitrogens with one attached hydrogen (secondary N) is 2. The third-order valence-electron chi connectivity index (χ3n) is 2.28. The normalized spacial score (nSPS) is 10.1. The first-order valence-corrected chi connectivity index (χ1v) is 5.93. The molecule has 3 N–H and O–H groups in total. The molecule has 0 unspecified atom stereocenters. The molecule has 0 atom stereocenters. The minimum absolute atomic E-state index is 0.0439. The van der Waals surface area contributed by atoms with Crippen molar-refractivity contribution in [2.75, 3.05) is 18.4 Å². The zero-order valence-electron chi connectivity index (χ0n) is 10.4. The number of rotatable bonds is 7. The summed E-state index contributed by atoms with van der Waals surface area (Å²) in [7, 11) is 0. The van der Waals surface area contributed by atoms with E-state index in [2.05, 4.69) is 10.6 Å². The molecule has 1 rings (SSSR count). The lowest BCUT2D eigenvalue weighted by molar-refractivity contribution is -0.136. The molecule has 1 amide bonds. The molecule has 5 nitrogen and oxygen atoms in total. The van der Waals surface area contributed by atoms with Gasteiger partial charge in [0.1, 0.15) is 0 Å². The monoisotopic (exact) mass is 250 g/mol. The Morgan fingerprint density at radius 3 is 2.78 bits per heavy atom. The Hall–Kier alpha value is -1.88. The molecule has 1 aromatic rings. The maximum absolute atomic E-state index is 11.5. The van der Waals surface area contributed by atoms with Gasteiger partial charge >= 0.3 is 5.97 Å². The topological polar surface area (TPSA) is 78.4 Å². The first kappa shape index (κ1) is 14.2. The van der Waals surface area contributed by atoms with Crippen molar-refractivity contribution in [1.82, 2.24) is 5.32 Å². The number of carbonyl (C=O) groups is 2. The van der Waals surface area contributed by atoms with Crippen LogP contribution in [0.25, 0.3) is 0 Å². The van der Waals surface area contributed by atoms with Crippen LogP contribution in [0.5, 0.6) is 0 Å². The van der Waals surface area contributed by atoms with Gasteiger partial charge in [-0.1, -0.05) is 19.1 Å². The summed E-state index contributed by atoms with van der Waals surface area (Å²) >= 11 is 0. The van der Waals surface area contributed by atoms with E-state index in [-0.39, 0.29) is 18.9 Å². The van der Waals surface area contributed by atoms with Crippen molar-refractivity contribution in [3.63, 3.8) is 0 Å². The van der Waals surface area contributed by atoms with Crippen LogP contribution in [0.15, 0.2) is 24.3 Å². The minimum atomic E-state index is -0.886. The second kappa shape index (κ2) is 7.45. The number of carboxylic acids is 1. The molecule has 0 saturated carbocycles. The first-order chi connectivity index (χ1) is 8.61. The fraction of sp³-hybridized carbons (Fsp3) is 0.385.